The molecule has 65 heavy (non-hydrogen) atoms. The van der Waals surface area contributed by atoms with Crippen LogP contribution in [0.15, 0.2) is 125 Å². The molecule has 5 aromatic rings. The smallest absolute Gasteiger partial charge is 0.326 e. The number of anilines is 1. The third kappa shape index (κ3) is 15.4. The third-order valence-electron chi connectivity index (χ3n) is 9.85. The van der Waals surface area contributed by atoms with E-state index in [-0.39, 0.29) is 28.4 Å². The summed E-state index contributed by atoms with van der Waals surface area (Å²) in [7, 11) is -4.51. The Morgan fingerprint density at radius 3 is 2.12 bits per heavy atom. The molecular formula is C46H49N7O11S. The maximum Gasteiger partial charge on any atom is 0.326 e. The van der Waals surface area contributed by atoms with Gasteiger partial charge in [0.15, 0.2) is 0 Å². The fourth-order valence-corrected chi connectivity index (χ4v) is 7.07. The summed E-state index contributed by atoms with van der Waals surface area (Å²) in [6.45, 7) is 4.39. The molecule has 0 aliphatic rings. The lowest BCUT2D eigenvalue weighted by atomic mass is 9.87. The van der Waals surface area contributed by atoms with Gasteiger partial charge in [0.25, 0.3) is 16.0 Å². The normalized spacial score (nSPS) is 12.4. The molecule has 0 spiro atoms. The Kier molecular flexibility index (Phi) is 17.0. The maximum absolute atomic E-state index is 13.6. The van der Waals surface area contributed by atoms with E-state index in [2.05, 4.69) is 31.5 Å². The van der Waals surface area contributed by atoms with Crippen LogP contribution in [0, 0.1) is 5.41 Å². The van der Waals surface area contributed by atoms with Crippen LogP contribution in [0.2, 0.25) is 0 Å². The number of amides is 3. The SMILES string of the molecule is CC(C)(CCCCOc1cc(-c2ccccc2)cc(-c2ccccc2)n1)CNC(=O)C(CC(=O)NC(CC(=O)O)C(=O)O)NC(=O)c1ccc(NN=Cc2ccccc2S(=O)(=O)O)nc1. The lowest BCUT2D eigenvalue weighted by Gasteiger charge is -2.27. The van der Waals surface area contributed by atoms with Crippen molar-refractivity contribution in [3.63, 3.8) is 0 Å². The molecule has 0 aliphatic carbocycles. The highest BCUT2D eigenvalue weighted by Crippen LogP contribution is 2.29. The number of nitrogens with one attached hydrogen (secondary N) is 4. The molecule has 2 aromatic heterocycles. The number of pyridine rings is 2. The standard InChI is InChI=1S/C46H49N7O11S/c1-46(2,21-11-12-22-64-41-24-34(30-13-5-3-6-14-30)23-35(51-41)31-15-7-4-8-16-31)29-48-44(58)36(25-40(54)50-37(45(59)60)26-42(55)56)52-43(57)33-19-20-39(47-27-33)53-49-28-32-17-9-10-18-38(32)65(61,62)63/h3-10,13-20,23-24,27-28,36-37H,11-12,21-22,25-26,29H2,1-2H3,(H,47,53)(H,48,58)(H,50,54)(H,52,57)(H,55,56)(H,59,60)(H,61,62,63). The highest BCUT2D eigenvalue weighted by molar-refractivity contribution is 7.86. The summed E-state index contributed by atoms with van der Waals surface area (Å²) >= 11 is 0. The number of hydrogen-bond acceptors (Lipinski definition) is 12. The molecule has 18 nitrogen and oxygen atoms in total. The molecule has 0 radical (unpaired) electrons. The van der Waals surface area contributed by atoms with Gasteiger partial charge in [-0.2, -0.15) is 13.5 Å². The summed E-state index contributed by atoms with van der Waals surface area (Å²) in [5.74, 6) is -5.01. The number of benzene rings is 3. The average molecular weight is 908 g/mol. The minimum absolute atomic E-state index is 0.0374. The van der Waals surface area contributed by atoms with Crippen molar-refractivity contribution in [1.29, 1.82) is 0 Å². The van der Waals surface area contributed by atoms with Gasteiger partial charge in [-0.05, 0) is 60.1 Å². The molecule has 19 heteroatoms. The van der Waals surface area contributed by atoms with Gasteiger partial charge in [-0.3, -0.25) is 29.2 Å². The van der Waals surface area contributed by atoms with E-state index in [4.69, 9.17) is 14.8 Å². The van der Waals surface area contributed by atoms with Crippen molar-refractivity contribution in [1.82, 2.24) is 25.9 Å². The van der Waals surface area contributed by atoms with E-state index in [0.717, 1.165) is 41.2 Å². The van der Waals surface area contributed by atoms with Gasteiger partial charge in [0, 0.05) is 29.9 Å². The molecule has 0 aliphatic heterocycles. The number of hydrogen-bond donors (Lipinski definition) is 7. The van der Waals surface area contributed by atoms with Crippen LogP contribution in [0.25, 0.3) is 22.4 Å². The van der Waals surface area contributed by atoms with Gasteiger partial charge in [-0.15, -0.1) is 0 Å². The molecule has 0 saturated carbocycles. The Hall–Kier alpha value is -7.51. The van der Waals surface area contributed by atoms with Gasteiger partial charge in [0.2, 0.25) is 17.7 Å². The van der Waals surface area contributed by atoms with E-state index in [1.54, 1.807) is 6.07 Å². The molecule has 2 heterocycles. The summed E-state index contributed by atoms with van der Waals surface area (Å²) in [6, 6.07) is 28.7. The first-order valence-corrected chi connectivity index (χ1v) is 21.8. The van der Waals surface area contributed by atoms with Crippen LogP contribution in [-0.4, -0.2) is 94.3 Å². The number of carboxylic acid groups (broad SMARTS) is 2. The van der Waals surface area contributed by atoms with E-state index in [0.29, 0.717) is 25.3 Å². The van der Waals surface area contributed by atoms with Crippen LogP contribution in [-0.2, 0) is 29.3 Å². The van der Waals surface area contributed by atoms with Gasteiger partial charge >= 0.3 is 11.9 Å². The average Bonchev–Trinajstić information content (AvgIpc) is 3.28. The molecule has 0 saturated heterocycles. The Morgan fingerprint density at radius 1 is 0.800 bits per heavy atom. The van der Waals surface area contributed by atoms with E-state index in [1.807, 2.05) is 86.6 Å². The fraction of sp³-hybridized carbons (Fsp3) is 0.261. The summed E-state index contributed by atoms with van der Waals surface area (Å²) in [6.07, 6.45) is 2.69. The molecule has 5 rings (SSSR count). The van der Waals surface area contributed by atoms with E-state index in [9.17, 15) is 42.0 Å². The number of hydrazone groups is 1. The number of ether oxygens (including phenoxy) is 1. The van der Waals surface area contributed by atoms with Crippen LogP contribution in [0.1, 0.15) is 61.9 Å². The topological polar surface area (TPSA) is 276 Å². The molecule has 3 amide bonds. The minimum Gasteiger partial charge on any atom is -0.481 e. The zero-order valence-electron chi connectivity index (χ0n) is 35.5. The van der Waals surface area contributed by atoms with Crippen molar-refractivity contribution >= 4 is 51.8 Å². The van der Waals surface area contributed by atoms with Crippen LogP contribution >= 0.6 is 0 Å². The first-order valence-electron chi connectivity index (χ1n) is 20.4. The summed E-state index contributed by atoms with van der Waals surface area (Å²) in [5.41, 5.74) is 5.90. The predicted molar refractivity (Wildman–Crippen MR) is 241 cm³/mol. The highest BCUT2D eigenvalue weighted by atomic mass is 32.2. The zero-order valence-corrected chi connectivity index (χ0v) is 36.3. The second-order valence-corrected chi connectivity index (χ2v) is 17.0. The molecule has 7 N–H and O–H groups in total. The Labute approximate surface area is 375 Å². The largest absolute Gasteiger partial charge is 0.481 e. The Morgan fingerprint density at radius 2 is 1.48 bits per heavy atom. The Bertz CT molecular complexity index is 2540. The maximum atomic E-state index is 13.6. The van der Waals surface area contributed by atoms with Gasteiger partial charge in [0.05, 0.1) is 36.9 Å². The first-order chi connectivity index (χ1) is 31.0. The van der Waals surface area contributed by atoms with Crippen LogP contribution in [0.5, 0.6) is 5.88 Å². The second kappa shape index (κ2) is 22.7. The van der Waals surface area contributed by atoms with Crippen LogP contribution in [0.4, 0.5) is 5.82 Å². The monoisotopic (exact) mass is 907 g/mol. The molecule has 340 valence electrons. The minimum atomic E-state index is -4.51. The van der Waals surface area contributed by atoms with E-state index >= 15 is 0 Å². The van der Waals surface area contributed by atoms with Gasteiger partial charge in [-0.1, -0.05) is 92.7 Å². The quantitative estimate of drug-likeness (QED) is 0.0187. The molecule has 0 fully saturated rings. The number of aliphatic carboxylic acids is 2. The van der Waals surface area contributed by atoms with Gasteiger partial charge in [-0.25, -0.2) is 14.8 Å². The lowest BCUT2D eigenvalue weighted by Crippen LogP contribution is -2.52. The summed E-state index contributed by atoms with van der Waals surface area (Å²) in [4.78, 5) is 71.3. The van der Waals surface area contributed by atoms with Gasteiger partial charge in [0.1, 0.15) is 22.8 Å². The lowest BCUT2D eigenvalue weighted by molar-refractivity contribution is -0.147. The van der Waals surface area contributed by atoms with E-state index in [1.165, 1.54) is 30.3 Å². The first kappa shape index (κ1) is 48.5. The number of aromatic nitrogens is 2. The van der Waals surface area contributed by atoms with Crippen molar-refractivity contribution in [3.8, 4) is 28.3 Å². The van der Waals surface area contributed by atoms with Crippen molar-refractivity contribution in [2.24, 2.45) is 10.5 Å². The summed E-state index contributed by atoms with van der Waals surface area (Å²) < 4.78 is 38.9. The second-order valence-electron chi connectivity index (χ2n) is 15.6. The van der Waals surface area contributed by atoms with Crippen LogP contribution < -0.4 is 26.1 Å². The van der Waals surface area contributed by atoms with Gasteiger partial charge < -0.3 is 30.9 Å². The van der Waals surface area contributed by atoms with E-state index < -0.39 is 70.1 Å². The van der Waals surface area contributed by atoms with Crippen molar-refractivity contribution in [2.45, 2.75) is 62.9 Å². The highest BCUT2D eigenvalue weighted by Gasteiger charge is 2.30. The predicted octanol–water partition coefficient (Wildman–Crippen LogP) is 5.43. The number of carbonyl (C=O) groups is 5. The zero-order chi connectivity index (χ0) is 47.0. The molecule has 2 unspecified atom stereocenters. The molecule has 2 atom stereocenters. The third-order valence-corrected chi connectivity index (χ3v) is 10.8. The molecular weight excluding hydrogens is 859 g/mol. The molecule has 0 bridgehead atoms. The number of rotatable bonds is 23. The number of carbonyl (C=O) groups excluding carboxylic acids is 3. The fourth-order valence-electron chi connectivity index (χ4n) is 6.40. The number of unbranched alkanes of at least 4 members (excludes halogenated alkanes) is 1. The Balaban J connectivity index is 1.18. The number of carboxylic acids is 2. The van der Waals surface area contributed by atoms with Crippen LogP contribution in [0.3, 0.4) is 0 Å². The summed E-state index contributed by atoms with van der Waals surface area (Å²) in [5, 5.41) is 29.8. The molecule has 3 aromatic carbocycles. The van der Waals surface area contributed by atoms with Crippen molar-refractivity contribution in [2.75, 3.05) is 18.6 Å². The van der Waals surface area contributed by atoms with Crippen molar-refractivity contribution < 1.29 is 51.9 Å². The van der Waals surface area contributed by atoms with Crippen molar-refractivity contribution in [3.05, 3.63) is 127 Å². The number of nitrogens with zero attached hydrogens (tertiary/aromatic N) is 3.